The van der Waals surface area contributed by atoms with Crippen LogP contribution in [0.15, 0.2) is 58.1 Å². The van der Waals surface area contributed by atoms with E-state index in [0.29, 0.717) is 24.2 Å². The minimum Gasteiger partial charge on any atom is -0.494 e. The first-order chi connectivity index (χ1) is 13.5. The number of amides is 1. The van der Waals surface area contributed by atoms with E-state index in [-0.39, 0.29) is 18.9 Å². The normalized spacial score (nSPS) is 10.8. The number of nitrogens with one attached hydrogen (secondary N) is 1. The highest BCUT2D eigenvalue weighted by molar-refractivity contribution is 5.77. The van der Waals surface area contributed by atoms with Crippen molar-refractivity contribution in [3.8, 4) is 5.75 Å². The molecule has 0 aliphatic heterocycles. The summed E-state index contributed by atoms with van der Waals surface area (Å²) in [6.45, 7) is 2.92. The molecular formula is C21H23N3O4. The largest absolute Gasteiger partial charge is 0.494 e. The van der Waals surface area contributed by atoms with E-state index in [4.69, 9.17) is 4.74 Å². The summed E-state index contributed by atoms with van der Waals surface area (Å²) in [7, 11) is 1.57. The predicted molar refractivity (Wildman–Crippen MR) is 108 cm³/mol. The molecule has 0 spiro atoms. The molecule has 7 nitrogen and oxygen atoms in total. The van der Waals surface area contributed by atoms with Gasteiger partial charge in [-0.15, -0.1) is 0 Å². The van der Waals surface area contributed by atoms with E-state index in [2.05, 4.69) is 5.32 Å². The van der Waals surface area contributed by atoms with Gasteiger partial charge in [0.1, 0.15) is 5.75 Å². The number of carbonyl (C=O) groups excluding carboxylic acids is 1. The third kappa shape index (κ3) is 3.98. The van der Waals surface area contributed by atoms with Gasteiger partial charge in [0.15, 0.2) is 0 Å². The van der Waals surface area contributed by atoms with Crippen molar-refractivity contribution in [2.45, 2.75) is 26.4 Å². The van der Waals surface area contributed by atoms with Gasteiger partial charge in [-0.3, -0.25) is 14.4 Å². The van der Waals surface area contributed by atoms with Crippen LogP contribution in [0.2, 0.25) is 0 Å². The van der Waals surface area contributed by atoms with Crippen LogP contribution >= 0.6 is 0 Å². The maximum Gasteiger partial charge on any atom is 0.316 e. The number of carbonyl (C=O) groups is 1. The number of fused-ring (bicyclic) bond motifs is 1. The van der Waals surface area contributed by atoms with Gasteiger partial charge < -0.3 is 19.2 Å². The molecule has 0 bridgehead atoms. The summed E-state index contributed by atoms with van der Waals surface area (Å²) in [6.07, 6.45) is 0.0911. The number of hydrogen-bond acceptors (Lipinski definition) is 4. The van der Waals surface area contributed by atoms with Crippen LogP contribution in [0.1, 0.15) is 18.9 Å². The lowest BCUT2D eigenvalue weighted by atomic mass is 10.2. The molecular weight excluding hydrogens is 358 g/mol. The first-order valence-electron chi connectivity index (χ1n) is 9.19. The molecule has 7 heteroatoms. The molecule has 1 aromatic heterocycles. The summed E-state index contributed by atoms with van der Waals surface area (Å²) in [6, 6.07) is 14.7. The quantitative estimate of drug-likeness (QED) is 0.633. The van der Waals surface area contributed by atoms with Crippen molar-refractivity contribution < 1.29 is 9.53 Å². The second-order valence-corrected chi connectivity index (χ2v) is 6.38. The lowest BCUT2D eigenvalue weighted by molar-refractivity contribution is -0.121. The average Bonchev–Trinajstić information content (AvgIpc) is 2.71. The maximum atomic E-state index is 12.4. The van der Waals surface area contributed by atoms with E-state index in [1.807, 2.05) is 31.2 Å². The Morgan fingerprint density at radius 3 is 2.43 bits per heavy atom. The van der Waals surface area contributed by atoms with Crippen molar-refractivity contribution in [3.05, 3.63) is 74.8 Å². The summed E-state index contributed by atoms with van der Waals surface area (Å²) in [4.78, 5) is 36.9. The summed E-state index contributed by atoms with van der Waals surface area (Å²) in [5, 5.41) is 2.84. The van der Waals surface area contributed by atoms with Gasteiger partial charge in [-0.1, -0.05) is 30.3 Å². The molecule has 3 rings (SSSR count). The van der Waals surface area contributed by atoms with Gasteiger partial charge >= 0.3 is 11.1 Å². The van der Waals surface area contributed by atoms with Crippen LogP contribution in [-0.2, 0) is 24.9 Å². The molecule has 0 atom stereocenters. The second-order valence-electron chi connectivity index (χ2n) is 6.38. The molecule has 0 aliphatic rings. The van der Waals surface area contributed by atoms with Crippen molar-refractivity contribution in [1.82, 2.24) is 14.5 Å². The Labute approximate surface area is 162 Å². The van der Waals surface area contributed by atoms with E-state index < -0.39 is 11.1 Å². The molecule has 0 aliphatic carbocycles. The molecule has 2 aromatic carbocycles. The maximum absolute atomic E-state index is 12.4. The van der Waals surface area contributed by atoms with Crippen molar-refractivity contribution in [3.63, 3.8) is 0 Å². The zero-order valence-electron chi connectivity index (χ0n) is 16.0. The Hall–Kier alpha value is -3.35. The summed E-state index contributed by atoms with van der Waals surface area (Å²) in [5.41, 5.74) is 0.927. The molecule has 0 radical (unpaired) electrons. The smallest absolute Gasteiger partial charge is 0.316 e. The van der Waals surface area contributed by atoms with Crippen LogP contribution in [0.4, 0.5) is 0 Å². The minimum atomic E-state index is -0.629. The molecule has 1 amide bonds. The Balaban J connectivity index is 1.72. The van der Waals surface area contributed by atoms with Crippen molar-refractivity contribution in [2.24, 2.45) is 7.05 Å². The highest BCUT2D eigenvalue weighted by atomic mass is 16.5. The molecule has 3 aromatic rings. The average molecular weight is 381 g/mol. The van der Waals surface area contributed by atoms with Gasteiger partial charge in [-0.2, -0.15) is 0 Å². The monoisotopic (exact) mass is 381 g/mol. The van der Waals surface area contributed by atoms with Crippen molar-refractivity contribution >= 4 is 16.9 Å². The summed E-state index contributed by atoms with van der Waals surface area (Å²) < 4.78 is 8.25. The molecule has 28 heavy (non-hydrogen) atoms. The van der Waals surface area contributed by atoms with E-state index in [1.54, 1.807) is 31.3 Å². The molecule has 146 valence electrons. The number of aryl methyl sites for hydroxylation is 2. The second kappa shape index (κ2) is 8.56. The van der Waals surface area contributed by atoms with Crippen LogP contribution in [0.3, 0.4) is 0 Å². The molecule has 1 heterocycles. The fourth-order valence-corrected chi connectivity index (χ4v) is 3.12. The molecule has 0 saturated heterocycles. The lowest BCUT2D eigenvalue weighted by Crippen LogP contribution is -2.41. The molecule has 0 saturated carbocycles. The number of nitrogens with zero attached hydrogens (tertiary/aromatic N) is 2. The van der Waals surface area contributed by atoms with E-state index in [1.165, 1.54) is 9.13 Å². The predicted octanol–water partition coefficient (Wildman–Crippen LogP) is 1.81. The fraction of sp³-hybridized carbons (Fsp3) is 0.286. The highest BCUT2D eigenvalue weighted by Crippen LogP contribution is 2.17. The number of para-hydroxylation sites is 3. The van der Waals surface area contributed by atoms with Gasteiger partial charge in [0.2, 0.25) is 5.91 Å². The molecule has 0 fully saturated rings. The number of ether oxygens (including phenoxy) is 1. The van der Waals surface area contributed by atoms with Crippen molar-refractivity contribution in [2.75, 3.05) is 6.61 Å². The van der Waals surface area contributed by atoms with Crippen molar-refractivity contribution in [1.29, 1.82) is 0 Å². The van der Waals surface area contributed by atoms with Crippen LogP contribution in [0, 0.1) is 0 Å². The fourth-order valence-electron chi connectivity index (χ4n) is 3.12. The summed E-state index contributed by atoms with van der Waals surface area (Å²) >= 11 is 0. The van der Waals surface area contributed by atoms with Gasteiger partial charge in [0, 0.05) is 32.1 Å². The van der Waals surface area contributed by atoms with Crippen LogP contribution in [0.25, 0.3) is 11.0 Å². The van der Waals surface area contributed by atoms with E-state index in [0.717, 1.165) is 11.3 Å². The van der Waals surface area contributed by atoms with E-state index >= 15 is 0 Å². The Morgan fingerprint density at radius 2 is 1.68 bits per heavy atom. The van der Waals surface area contributed by atoms with Gasteiger partial charge in [0.25, 0.3) is 0 Å². The van der Waals surface area contributed by atoms with Gasteiger partial charge in [0.05, 0.1) is 17.6 Å². The minimum absolute atomic E-state index is 0.0911. The first kappa shape index (κ1) is 19.4. The number of rotatable bonds is 7. The molecule has 1 N–H and O–H groups in total. The summed E-state index contributed by atoms with van der Waals surface area (Å²) in [5.74, 6) is 0.530. The number of aromatic nitrogens is 2. The zero-order chi connectivity index (χ0) is 20.1. The Bertz CT molecular complexity index is 1110. The Kier molecular flexibility index (Phi) is 5.93. The third-order valence-corrected chi connectivity index (χ3v) is 4.58. The van der Waals surface area contributed by atoms with Crippen LogP contribution in [0.5, 0.6) is 5.75 Å². The lowest BCUT2D eigenvalue weighted by Gasteiger charge is -2.13. The van der Waals surface area contributed by atoms with Gasteiger partial charge in [-0.05, 0) is 25.1 Å². The standard InChI is InChI=1S/C21H23N3O4/c1-3-28-18-11-7-4-8-15(18)14-22-19(25)12-13-24-17-10-6-5-9-16(17)23(2)20(26)21(24)27/h4-11H,3,12-14H2,1-2H3,(H,22,25). The first-order valence-corrected chi connectivity index (χ1v) is 9.19. The Morgan fingerprint density at radius 1 is 1.00 bits per heavy atom. The molecule has 0 unspecified atom stereocenters. The third-order valence-electron chi connectivity index (χ3n) is 4.58. The number of benzene rings is 2. The van der Waals surface area contributed by atoms with Crippen LogP contribution < -0.4 is 21.2 Å². The van der Waals surface area contributed by atoms with Gasteiger partial charge in [-0.25, -0.2) is 0 Å². The zero-order valence-corrected chi connectivity index (χ0v) is 16.0. The van der Waals surface area contributed by atoms with Crippen LogP contribution in [-0.4, -0.2) is 21.6 Å². The topological polar surface area (TPSA) is 82.3 Å². The van der Waals surface area contributed by atoms with E-state index in [9.17, 15) is 14.4 Å². The SMILES string of the molecule is CCOc1ccccc1CNC(=O)CCn1c(=O)c(=O)n(C)c2ccccc21. The number of hydrogen-bond donors (Lipinski definition) is 1. The highest BCUT2D eigenvalue weighted by Gasteiger charge is 2.12.